The molecule has 144 valence electrons. The van der Waals surface area contributed by atoms with Crippen LogP contribution in [0.4, 0.5) is 5.69 Å². The fourth-order valence-corrected chi connectivity index (χ4v) is 4.20. The number of hydrogen-bond donors (Lipinski definition) is 2. The van der Waals surface area contributed by atoms with Gasteiger partial charge >= 0.3 is 0 Å². The Morgan fingerprint density at radius 1 is 1.04 bits per heavy atom. The maximum atomic E-state index is 12.7. The first-order valence-electron chi connectivity index (χ1n) is 9.07. The lowest BCUT2D eigenvalue weighted by atomic mass is 10.1. The summed E-state index contributed by atoms with van der Waals surface area (Å²) >= 11 is 0. The molecule has 1 saturated heterocycles. The minimum atomic E-state index is -3.71. The van der Waals surface area contributed by atoms with E-state index in [4.69, 9.17) is 0 Å². The third-order valence-corrected chi connectivity index (χ3v) is 6.27. The smallest absolute Gasteiger partial charge is 0.261 e. The van der Waals surface area contributed by atoms with Crippen LogP contribution in [0.3, 0.4) is 0 Å². The van der Waals surface area contributed by atoms with Gasteiger partial charge in [0.1, 0.15) is 0 Å². The molecule has 3 rings (SSSR count). The molecule has 7 heteroatoms. The molecule has 2 aromatic carbocycles. The first-order valence-corrected chi connectivity index (χ1v) is 10.6. The van der Waals surface area contributed by atoms with Gasteiger partial charge in [-0.25, -0.2) is 8.42 Å². The maximum Gasteiger partial charge on any atom is 0.261 e. The topological polar surface area (TPSA) is 78.5 Å². The van der Waals surface area contributed by atoms with E-state index >= 15 is 0 Å². The van der Waals surface area contributed by atoms with Crippen LogP contribution < -0.4 is 10.0 Å². The van der Waals surface area contributed by atoms with E-state index in [9.17, 15) is 13.2 Å². The Kier molecular flexibility index (Phi) is 5.82. The highest BCUT2D eigenvalue weighted by Crippen LogP contribution is 2.22. The van der Waals surface area contributed by atoms with E-state index in [2.05, 4.69) is 10.0 Å². The van der Waals surface area contributed by atoms with Crippen LogP contribution in [0.2, 0.25) is 0 Å². The number of carbonyl (C=O) groups is 1. The van der Waals surface area contributed by atoms with Gasteiger partial charge in [-0.15, -0.1) is 0 Å². The number of amides is 1. The Balaban J connectivity index is 1.77. The van der Waals surface area contributed by atoms with Gasteiger partial charge in [0.15, 0.2) is 0 Å². The number of hydrogen-bond acceptors (Lipinski definition) is 4. The maximum absolute atomic E-state index is 12.7. The third kappa shape index (κ3) is 4.48. The summed E-state index contributed by atoms with van der Waals surface area (Å²) in [4.78, 5) is 14.6. The van der Waals surface area contributed by atoms with Crippen LogP contribution in [0.15, 0.2) is 47.4 Å². The molecule has 1 aliphatic heterocycles. The number of sulfonamides is 1. The van der Waals surface area contributed by atoms with E-state index in [0.717, 1.165) is 30.6 Å². The second kappa shape index (κ2) is 8.10. The van der Waals surface area contributed by atoms with Crippen LogP contribution in [-0.4, -0.2) is 45.4 Å². The standard InChI is InChI=1S/C20H25N3O3S/c1-15-5-3-6-19(16(15)2)22-27(25,26)18-9-7-17(8-10-18)20(24)23-13-4-11-21-12-14-23/h3,5-10,21-22H,4,11-14H2,1-2H3. The molecule has 0 radical (unpaired) electrons. The lowest BCUT2D eigenvalue weighted by Gasteiger charge is -2.20. The average Bonchev–Trinajstić information content (AvgIpc) is 2.94. The molecule has 27 heavy (non-hydrogen) atoms. The Hall–Kier alpha value is -2.38. The van der Waals surface area contributed by atoms with Gasteiger partial charge in [0.05, 0.1) is 10.6 Å². The van der Waals surface area contributed by atoms with E-state index in [1.807, 2.05) is 26.0 Å². The summed E-state index contributed by atoms with van der Waals surface area (Å²) in [7, 11) is -3.71. The molecular weight excluding hydrogens is 362 g/mol. The highest BCUT2D eigenvalue weighted by Gasteiger charge is 2.19. The van der Waals surface area contributed by atoms with Crippen molar-refractivity contribution >= 4 is 21.6 Å². The van der Waals surface area contributed by atoms with Gasteiger partial charge in [-0.1, -0.05) is 12.1 Å². The minimum Gasteiger partial charge on any atom is -0.337 e. The molecule has 0 aromatic heterocycles. The van der Waals surface area contributed by atoms with Gasteiger partial charge in [-0.2, -0.15) is 0 Å². The molecule has 2 N–H and O–H groups in total. The number of aryl methyl sites for hydroxylation is 1. The van der Waals surface area contributed by atoms with Crippen molar-refractivity contribution in [3.63, 3.8) is 0 Å². The van der Waals surface area contributed by atoms with Crippen LogP contribution in [0, 0.1) is 13.8 Å². The van der Waals surface area contributed by atoms with E-state index in [-0.39, 0.29) is 10.8 Å². The van der Waals surface area contributed by atoms with Crippen molar-refractivity contribution in [1.82, 2.24) is 10.2 Å². The Bertz CT molecular complexity index is 916. The Labute approximate surface area is 160 Å². The molecule has 2 aromatic rings. The molecule has 0 aliphatic carbocycles. The van der Waals surface area contributed by atoms with Crippen molar-refractivity contribution in [1.29, 1.82) is 0 Å². The van der Waals surface area contributed by atoms with Crippen LogP contribution in [-0.2, 0) is 10.0 Å². The summed E-state index contributed by atoms with van der Waals surface area (Å²) in [5, 5.41) is 3.26. The number of rotatable bonds is 4. The predicted molar refractivity (Wildman–Crippen MR) is 107 cm³/mol. The largest absolute Gasteiger partial charge is 0.337 e. The second-order valence-corrected chi connectivity index (χ2v) is 8.46. The zero-order chi connectivity index (χ0) is 19.4. The fourth-order valence-electron chi connectivity index (χ4n) is 3.07. The monoisotopic (exact) mass is 387 g/mol. The van der Waals surface area contributed by atoms with E-state index in [1.54, 1.807) is 23.1 Å². The normalized spacial score (nSPS) is 15.3. The predicted octanol–water partition coefficient (Wildman–Crippen LogP) is 2.54. The summed E-state index contributed by atoms with van der Waals surface area (Å²) in [5.41, 5.74) is 2.97. The lowest BCUT2D eigenvalue weighted by molar-refractivity contribution is 0.0766. The molecule has 0 bridgehead atoms. The van der Waals surface area contributed by atoms with Crippen molar-refractivity contribution in [2.75, 3.05) is 30.9 Å². The number of carbonyl (C=O) groups excluding carboxylic acids is 1. The average molecular weight is 388 g/mol. The minimum absolute atomic E-state index is 0.0647. The zero-order valence-corrected chi connectivity index (χ0v) is 16.5. The number of nitrogens with zero attached hydrogens (tertiary/aromatic N) is 1. The van der Waals surface area contributed by atoms with Crippen molar-refractivity contribution in [2.45, 2.75) is 25.2 Å². The molecule has 0 unspecified atom stereocenters. The quantitative estimate of drug-likeness (QED) is 0.845. The Morgan fingerprint density at radius 3 is 2.52 bits per heavy atom. The SMILES string of the molecule is Cc1cccc(NS(=O)(=O)c2ccc(C(=O)N3CCCNCC3)cc2)c1C. The van der Waals surface area contributed by atoms with Crippen LogP contribution in [0.1, 0.15) is 27.9 Å². The van der Waals surface area contributed by atoms with Crippen molar-refractivity contribution < 1.29 is 13.2 Å². The van der Waals surface area contributed by atoms with Gasteiger partial charge in [0.25, 0.3) is 15.9 Å². The molecule has 1 heterocycles. The first-order chi connectivity index (χ1) is 12.9. The number of nitrogens with one attached hydrogen (secondary N) is 2. The van der Waals surface area contributed by atoms with Crippen LogP contribution >= 0.6 is 0 Å². The van der Waals surface area contributed by atoms with Crippen molar-refractivity contribution in [2.24, 2.45) is 0 Å². The molecule has 6 nitrogen and oxygen atoms in total. The first kappa shape index (κ1) is 19.4. The fraction of sp³-hybridized carbons (Fsp3) is 0.350. The highest BCUT2D eigenvalue weighted by atomic mass is 32.2. The molecule has 1 amide bonds. The lowest BCUT2D eigenvalue weighted by Crippen LogP contribution is -2.34. The molecular formula is C20H25N3O3S. The summed E-state index contributed by atoms with van der Waals surface area (Å²) < 4.78 is 28.0. The summed E-state index contributed by atoms with van der Waals surface area (Å²) in [5.74, 6) is -0.0647. The van der Waals surface area contributed by atoms with Crippen LogP contribution in [0.5, 0.6) is 0 Å². The zero-order valence-electron chi connectivity index (χ0n) is 15.7. The summed E-state index contributed by atoms with van der Waals surface area (Å²) in [6, 6.07) is 11.6. The van der Waals surface area contributed by atoms with E-state index < -0.39 is 10.0 Å². The van der Waals surface area contributed by atoms with Crippen LogP contribution in [0.25, 0.3) is 0 Å². The van der Waals surface area contributed by atoms with Crippen molar-refractivity contribution in [3.05, 3.63) is 59.2 Å². The highest BCUT2D eigenvalue weighted by molar-refractivity contribution is 7.92. The van der Waals surface area contributed by atoms with Gasteiger partial charge in [-0.05, 0) is 68.3 Å². The summed E-state index contributed by atoms with van der Waals surface area (Å²) in [6.07, 6.45) is 0.915. The van der Waals surface area contributed by atoms with Gasteiger partial charge in [0.2, 0.25) is 0 Å². The van der Waals surface area contributed by atoms with Gasteiger partial charge in [0, 0.05) is 25.2 Å². The van der Waals surface area contributed by atoms with Gasteiger partial charge in [-0.3, -0.25) is 9.52 Å². The van der Waals surface area contributed by atoms with E-state index in [1.165, 1.54) is 12.1 Å². The van der Waals surface area contributed by atoms with E-state index in [0.29, 0.717) is 24.3 Å². The number of anilines is 1. The Morgan fingerprint density at radius 2 is 1.78 bits per heavy atom. The third-order valence-electron chi connectivity index (χ3n) is 4.89. The second-order valence-electron chi connectivity index (χ2n) is 6.77. The summed E-state index contributed by atoms with van der Waals surface area (Å²) in [6.45, 7) is 6.87. The molecule has 1 fully saturated rings. The molecule has 0 saturated carbocycles. The van der Waals surface area contributed by atoms with Gasteiger partial charge < -0.3 is 10.2 Å². The number of benzene rings is 2. The van der Waals surface area contributed by atoms with Crippen molar-refractivity contribution in [3.8, 4) is 0 Å². The molecule has 0 spiro atoms. The molecule has 0 atom stereocenters. The molecule has 1 aliphatic rings.